The number of rotatable bonds is 4. The van der Waals surface area contributed by atoms with Gasteiger partial charge in [0.1, 0.15) is 0 Å². The summed E-state index contributed by atoms with van der Waals surface area (Å²) >= 11 is 0. The highest BCUT2D eigenvalue weighted by atomic mass is 32.2. The lowest BCUT2D eigenvalue weighted by Gasteiger charge is -2.39. The van der Waals surface area contributed by atoms with Crippen LogP contribution in [0.2, 0.25) is 0 Å². The molecule has 112 valence electrons. The van der Waals surface area contributed by atoms with Crippen LogP contribution in [0.3, 0.4) is 0 Å². The van der Waals surface area contributed by atoms with Crippen LogP contribution in [0.25, 0.3) is 0 Å². The summed E-state index contributed by atoms with van der Waals surface area (Å²) in [7, 11) is -1.67. The zero-order valence-corrected chi connectivity index (χ0v) is 12.9. The van der Waals surface area contributed by atoms with E-state index < -0.39 is 10.2 Å². The van der Waals surface area contributed by atoms with Crippen LogP contribution < -0.4 is 0 Å². The zero-order chi connectivity index (χ0) is 14.2. The minimum atomic E-state index is -3.33. The summed E-state index contributed by atoms with van der Waals surface area (Å²) < 4.78 is 28.1. The number of hydrogen-bond donors (Lipinski definition) is 1. The molecule has 1 aliphatic heterocycles. The van der Waals surface area contributed by atoms with Gasteiger partial charge in [-0.3, -0.25) is 0 Å². The lowest BCUT2D eigenvalue weighted by molar-refractivity contribution is 0.0359. The van der Waals surface area contributed by atoms with Gasteiger partial charge in [0.05, 0.1) is 6.10 Å². The van der Waals surface area contributed by atoms with E-state index in [9.17, 15) is 13.5 Å². The second kappa shape index (κ2) is 5.68. The summed E-state index contributed by atoms with van der Waals surface area (Å²) in [5.41, 5.74) is 0. The molecule has 0 aromatic rings. The Balaban J connectivity index is 1.96. The van der Waals surface area contributed by atoms with Crippen molar-refractivity contribution in [2.75, 3.05) is 26.7 Å². The lowest BCUT2D eigenvalue weighted by Crippen LogP contribution is -2.50. The summed E-state index contributed by atoms with van der Waals surface area (Å²) in [6, 6.07) is 0. The number of aliphatic hydroxyl groups is 1. The summed E-state index contributed by atoms with van der Waals surface area (Å²) in [4.78, 5) is 0. The van der Waals surface area contributed by atoms with Crippen molar-refractivity contribution >= 4 is 10.2 Å². The topological polar surface area (TPSA) is 60.9 Å². The largest absolute Gasteiger partial charge is 0.393 e. The smallest absolute Gasteiger partial charge is 0.281 e. The number of piperidine rings is 1. The van der Waals surface area contributed by atoms with Crippen molar-refractivity contribution in [2.24, 2.45) is 17.8 Å². The van der Waals surface area contributed by atoms with E-state index in [2.05, 4.69) is 13.8 Å². The summed E-state index contributed by atoms with van der Waals surface area (Å²) in [6.45, 7) is 6.01. The third-order valence-corrected chi connectivity index (χ3v) is 6.17. The number of hydrogen-bond acceptors (Lipinski definition) is 3. The maximum Gasteiger partial charge on any atom is 0.281 e. The second-order valence-electron chi connectivity index (χ2n) is 6.54. The van der Waals surface area contributed by atoms with Gasteiger partial charge in [-0.25, -0.2) is 0 Å². The summed E-state index contributed by atoms with van der Waals surface area (Å²) in [5, 5.41) is 9.27. The molecule has 0 aromatic carbocycles. The molecule has 2 aliphatic rings. The first-order valence-electron chi connectivity index (χ1n) is 7.18. The predicted octanol–water partition coefficient (Wildman–Crippen LogP) is 0.912. The molecule has 1 saturated carbocycles. The molecule has 1 heterocycles. The Morgan fingerprint density at radius 3 is 2.16 bits per heavy atom. The first-order chi connectivity index (χ1) is 8.79. The SMILES string of the molecule is CC1CC(C)CN(S(=O)(=O)N(C)CC2CC(O)C2)C1. The first kappa shape index (κ1) is 15.2. The van der Waals surface area contributed by atoms with E-state index >= 15 is 0 Å². The fourth-order valence-corrected chi connectivity index (χ4v) is 4.98. The highest BCUT2D eigenvalue weighted by molar-refractivity contribution is 7.86. The summed E-state index contributed by atoms with van der Waals surface area (Å²) in [5.74, 6) is 1.17. The van der Waals surface area contributed by atoms with Crippen molar-refractivity contribution in [2.45, 2.75) is 39.2 Å². The van der Waals surface area contributed by atoms with Gasteiger partial charge in [0.2, 0.25) is 0 Å². The minimum absolute atomic E-state index is 0.226. The molecule has 0 aromatic heterocycles. The highest BCUT2D eigenvalue weighted by Crippen LogP contribution is 2.30. The van der Waals surface area contributed by atoms with Crippen molar-refractivity contribution in [1.82, 2.24) is 8.61 Å². The van der Waals surface area contributed by atoms with Gasteiger partial charge >= 0.3 is 0 Å². The molecule has 1 saturated heterocycles. The van der Waals surface area contributed by atoms with E-state index in [0.29, 0.717) is 37.4 Å². The Labute approximate surface area is 116 Å². The van der Waals surface area contributed by atoms with Crippen LogP contribution in [-0.4, -0.2) is 54.9 Å². The Bertz CT molecular complexity index is 396. The zero-order valence-electron chi connectivity index (χ0n) is 12.1. The molecule has 0 spiro atoms. The standard InChI is InChI=1S/C13H26N2O3S/c1-10-4-11(2)8-15(7-10)19(17,18)14(3)9-12-5-13(16)6-12/h10-13,16H,4-9H2,1-3H3. The molecular formula is C13H26N2O3S. The van der Waals surface area contributed by atoms with Gasteiger partial charge in [0.25, 0.3) is 10.2 Å². The van der Waals surface area contributed by atoms with Gasteiger partial charge in [0, 0.05) is 26.7 Å². The monoisotopic (exact) mass is 290 g/mol. The molecule has 2 fully saturated rings. The third-order valence-electron chi connectivity index (χ3n) is 4.28. The number of aliphatic hydroxyl groups excluding tert-OH is 1. The molecule has 0 bridgehead atoms. The predicted molar refractivity (Wildman–Crippen MR) is 74.8 cm³/mol. The maximum atomic E-state index is 12.5. The van der Waals surface area contributed by atoms with Gasteiger partial charge in [-0.1, -0.05) is 13.8 Å². The normalized spacial score (nSPS) is 37.3. The second-order valence-corrected chi connectivity index (χ2v) is 8.58. The molecule has 6 heteroatoms. The third kappa shape index (κ3) is 3.48. The Hall–Kier alpha value is -0.170. The minimum Gasteiger partial charge on any atom is -0.393 e. The molecule has 2 atom stereocenters. The molecular weight excluding hydrogens is 264 g/mol. The Morgan fingerprint density at radius 2 is 1.68 bits per heavy atom. The average Bonchev–Trinajstić information content (AvgIpc) is 2.25. The van der Waals surface area contributed by atoms with Crippen molar-refractivity contribution in [3.05, 3.63) is 0 Å². The molecule has 5 nitrogen and oxygen atoms in total. The highest BCUT2D eigenvalue weighted by Gasteiger charge is 2.36. The van der Waals surface area contributed by atoms with Crippen molar-refractivity contribution in [3.8, 4) is 0 Å². The molecule has 2 rings (SSSR count). The molecule has 0 radical (unpaired) electrons. The van der Waals surface area contributed by atoms with Crippen LogP contribution in [0.5, 0.6) is 0 Å². The lowest BCUT2D eigenvalue weighted by atomic mass is 9.82. The van der Waals surface area contributed by atoms with Crippen LogP contribution in [0, 0.1) is 17.8 Å². The van der Waals surface area contributed by atoms with Gasteiger partial charge in [0.15, 0.2) is 0 Å². The van der Waals surface area contributed by atoms with Gasteiger partial charge in [-0.2, -0.15) is 17.0 Å². The van der Waals surface area contributed by atoms with Crippen LogP contribution in [-0.2, 0) is 10.2 Å². The molecule has 1 N–H and O–H groups in total. The fourth-order valence-electron chi connectivity index (χ4n) is 3.30. The molecule has 2 unspecified atom stereocenters. The Morgan fingerprint density at radius 1 is 1.16 bits per heavy atom. The number of nitrogens with zero attached hydrogens (tertiary/aromatic N) is 2. The van der Waals surface area contributed by atoms with E-state index in [-0.39, 0.29) is 6.10 Å². The van der Waals surface area contributed by atoms with Gasteiger partial charge < -0.3 is 5.11 Å². The van der Waals surface area contributed by atoms with Crippen molar-refractivity contribution in [3.63, 3.8) is 0 Å². The van der Waals surface area contributed by atoms with Crippen LogP contribution >= 0.6 is 0 Å². The quantitative estimate of drug-likeness (QED) is 0.837. The first-order valence-corrected chi connectivity index (χ1v) is 8.58. The van der Waals surface area contributed by atoms with Crippen molar-refractivity contribution < 1.29 is 13.5 Å². The van der Waals surface area contributed by atoms with E-state index in [1.807, 2.05) is 0 Å². The van der Waals surface area contributed by atoms with E-state index in [0.717, 1.165) is 19.3 Å². The van der Waals surface area contributed by atoms with Crippen molar-refractivity contribution in [1.29, 1.82) is 0 Å². The molecule has 1 aliphatic carbocycles. The van der Waals surface area contributed by atoms with Crippen LogP contribution in [0.4, 0.5) is 0 Å². The van der Waals surface area contributed by atoms with Crippen LogP contribution in [0.1, 0.15) is 33.1 Å². The van der Waals surface area contributed by atoms with E-state index in [1.165, 1.54) is 4.31 Å². The average molecular weight is 290 g/mol. The Kier molecular flexibility index (Phi) is 4.55. The molecule has 19 heavy (non-hydrogen) atoms. The summed E-state index contributed by atoms with van der Waals surface area (Å²) in [6.07, 6.45) is 2.33. The maximum absolute atomic E-state index is 12.5. The fraction of sp³-hybridized carbons (Fsp3) is 1.00. The van der Waals surface area contributed by atoms with E-state index in [1.54, 1.807) is 11.4 Å². The van der Waals surface area contributed by atoms with Crippen LogP contribution in [0.15, 0.2) is 0 Å². The van der Waals surface area contributed by atoms with Gasteiger partial charge in [-0.05, 0) is 37.0 Å². The molecule has 0 amide bonds. The van der Waals surface area contributed by atoms with E-state index in [4.69, 9.17) is 0 Å². The van der Waals surface area contributed by atoms with Gasteiger partial charge in [-0.15, -0.1) is 0 Å².